The van der Waals surface area contributed by atoms with Crippen LogP contribution in [0.1, 0.15) is 38.2 Å². The molecule has 2 N–H and O–H groups in total. The van der Waals surface area contributed by atoms with Gasteiger partial charge in [0.15, 0.2) is 6.54 Å². The lowest BCUT2D eigenvalue weighted by Crippen LogP contribution is -3.09. The molecule has 1 aromatic rings. The Morgan fingerprint density at radius 3 is 2.76 bits per heavy atom. The summed E-state index contributed by atoms with van der Waals surface area (Å²) in [6.45, 7) is 3.51. The Labute approximate surface area is 132 Å². The number of quaternary nitrogens is 1. The third-order valence-electron chi connectivity index (χ3n) is 4.37. The van der Waals surface area contributed by atoms with E-state index in [9.17, 15) is 4.79 Å². The fourth-order valence-corrected chi connectivity index (χ4v) is 3.29. The number of nitrogens with one attached hydrogen (secondary N) is 2. The van der Waals surface area contributed by atoms with Gasteiger partial charge in [0.25, 0.3) is 5.91 Å². The molecule has 0 aliphatic heterocycles. The first-order chi connectivity index (χ1) is 10.1. The van der Waals surface area contributed by atoms with Gasteiger partial charge in [-0.25, -0.2) is 0 Å². The molecule has 0 radical (unpaired) electrons. The van der Waals surface area contributed by atoms with E-state index < -0.39 is 0 Å². The minimum absolute atomic E-state index is 0.151. The van der Waals surface area contributed by atoms with Crippen LogP contribution in [0.25, 0.3) is 0 Å². The van der Waals surface area contributed by atoms with Crippen LogP contribution in [0.4, 0.5) is 0 Å². The highest BCUT2D eigenvalue weighted by atomic mass is 35.5. The first-order valence-corrected chi connectivity index (χ1v) is 8.28. The highest BCUT2D eigenvalue weighted by molar-refractivity contribution is 6.31. The molecule has 4 heteroatoms. The number of carbonyl (C=O) groups excluding carboxylic acids is 1. The molecule has 1 aliphatic carbocycles. The lowest BCUT2D eigenvalue weighted by Gasteiger charge is -2.29. The average Bonchev–Trinajstić information content (AvgIpc) is 2.44. The van der Waals surface area contributed by atoms with Crippen molar-refractivity contribution in [2.24, 2.45) is 5.92 Å². The normalized spacial score (nSPS) is 23.6. The van der Waals surface area contributed by atoms with Crippen molar-refractivity contribution in [2.75, 3.05) is 13.6 Å². The molecule has 1 aromatic carbocycles. The van der Waals surface area contributed by atoms with Crippen molar-refractivity contribution in [3.05, 3.63) is 34.9 Å². The van der Waals surface area contributed by atoms with Crippen molar-refractivity contribution in [2.45, 2.75) is 45.2 Å². The molecule has 3 atom stereocenters. The van der Waals surface area contributed by atoms with Crippen molar-refractivity contribution in [1.82, 2.24) is 5.32 Å². The molecule has 1 fully saturated rings. The number of halogens is 1. The van der Waals surface area contributed by atoms with Gasteiger partial charge in [-0.2, -0.15) is 0 Å². The highest BCUT2D eigenvalue weighted by Gasteiger charge is 2.23. The molecule has 1 saturated carbocycles. The molecule has 1 aliphatic rings. The Balaban J connectivity index is 1.80. The van der Waals surface area contributed by atoms with Gasteiger partial charge in [-0.15, -0.1) is 0 Å². The number of benzene rings is 1. The summed E-state index contributed by atoms with van der Waals surface area (Å²) in [6, 6.07) is 8.19. The van der Waals surface area contributed by atoms with Crippen LogP contribution in [0.15, 0.2) is 24.3 Å². The molecule has 0 saturated heterocycles. The second kappa shape index (κ2) is 7.81. The van der Waals surface area contributed by atoms with Crippen molar-refractivity contribution in [3.8, 4) is 0 Å². The molecule has 0 heterocycles. The number of amides is 1. The largest absolute Gasteiger partial charge is 0.348 e. The Morgan fingerprint density at radius 2 is 2.05 bits per heavy atom. The molecule has 1 unspecified atom stereocenters. The molecular formula is C17H26ClN2O+. The molecule has 21 heavy (non-hydrogen) atoms. The fraction of sp³-hybridized carbons (Fsp3) is 0.588. The minimum atomic E-state index is 0.151. The van der Waals surface area contributed by atoms with Gasteiger partial charge >= 0.3 is 0 Å². The van der Waals surface area contributed by atoms with E-state index in [1.807, 2.05) is 31.3 Å². The average molecular weight is 310 g/mol. The molecule has 1 amide bonds. The summed E-state index contributed by atoms with van der Waals surface area (Å²) >= 11 is 6.17. The summed E-state index contributed by atoms with van der Waals surface area (Å²) in [6.07, 6.45) is 4.88. The van der Waals surface area contributed by atoms with Crippen LogP contribution >= 0.6 is 11.6 Å². The van der Waals surface area contributed by atoms with Crippen molar-refractivity contribution < 1.29 is 9.69 Å². The zero-order chi connectivity index (χ0) is 15.2. The Hall–Kier alpha value is -1.06. The van der Waals surface area contributed by atoms with E-state index >= 15 is 0 Å². The summed E-state index contributed by atoms with van der Waals surface area (Å²) in [5.41, 5.74) is 1.09. The second-order valence-corrected chi connectivity index (χ2v) is 6.75. The Bertz CT molecular complexity index is 478. The smallest absolute Gasteiger partial charge is 0.275 e. The van der Waals surface area contributed by atoms with Gasteiger partial charge in [-0.1, -0.05) is 49.6 Å². The molecular weight excluding hydrogens is 284 g/mol. The van der Waals surface area contributed by atoms with Gasteiger partial charge < -0.3 is 10.2 Å². The van der Waals surface area contributed by atoms with Crippen molar-refractivity contribution in [3.63, 3.8) is 0 Å². The minimum Gasteiger partial charge on any atom is -0.348 e. The van der Waals surface area contributed by atoms with Crippen molar-refractivity contribution in [1.29, 1.82) is 0 Å². The van der Waals surface area contributed by atoms with Crippen LogP contribution in [0.3, 0.4) is 0 Å². The third kappa shape index (κ3) is 5.01. The quantitative estimate of drug-likeness (QED) is 0.857. The zero-order valence-corrected chi connectivity index (χ0v) is 13.7. The fourth-order valence-electron chi connectivity index (χ4n) is 3.09. The standard InChI is InChI=1S/C17H25ClN2O/c1-13-7-3-6-10-16(13)19-17(21)12-20(2)11-14-8-4-5-9-15(14)18/h4-5,8-9,13,16H,3,6-7,10-12H2,1-2H3,(H,19,21)/p+1/t13-,16-/m0/s1. The van der Waals surface area contributed by atoms with Gasteiger partial charge in [-0.05, 0) is 24.8 Å². The lowest BCUT2D eigenvalue weighted by molar-refractivity contribution is -0.885. The van der Waals surface area contributed by atoms with Crippen LogP contribution in [-0.4, -0.2) is 25.5 Å². The Kier molecular flexibility index (Phi) is 6.07. The molecule has 0 spiro atoms. The van der Waals surface area contributed by atoms with Crippen molar-refractivity contribution >= 4 is 17.5 Å². The SMILES string of the molecule is C[C@H]1CCCC[C@@H]1NC(=O)C[NH+](C)Cc1ccccc1Cl. The van der Waals surface area contributed by atoms with Crippen LogP contribution in [-0.2, 0) is 11.3 Å². The Morgan fingerprint density at radius 1 is 1.33 bits per heavy atom. The summed E-state index contributed by atoms with van der Waals surface area (Å²) < 4.78 is 0. The second-order valence-electron chi connectivity index (χ2n) is 6.34. The van der Waals surface area contributed by atoms with Gasteiger partial charge in [0.2, 0.25) is 0 Å². The maximum atomic E-state index is 12.2. The van der Waals surface area contributed by atoms with Crippen LogP contribution < -0.4 is 10.2 Å². The van der Waals surface area contributed by atoms with E-state index in [0.717, 1.165) is 28.5 Å². The summed E-state index contributed by atoms with van der Waals surface area (Å²) in [5, 5.41) is 3.98. The van der Waals surface area contributed by atoms with E-state index in [2.05, 4.69) is 12.2 Å². The van der Waals surface area contributed by atoms with Crippen LogP contribution in [0.2, 0.25) is 5.02 Å². The van der Waals surface area contributed by atoms with Gasteiger partial charge in [0, 0.05) is 16.6 Å². The number of hydrogen-bond acceptors (Lipinski definition) is 1. The predicted molar refractivity (Wildman–Crippen MR) is 86.5 cm³/mol. The number of likely N-dealkylation sites (N-methyl/N-ethyl adjacent to an activating group) is 1. The van der Waals surface area contributed by atoms with E-state index in [-0.39, 0.29) is 5.91 Å². The monoisotopic (exact) mass is 309 g/mol. The highest BCUT2D eigenvalue weighted by Crippen LogP contribution is 2.23. The summed E-state index contributed by atoms with van der Waals surface area (Å²) in [5.74, 6) is 0.755. The third-order valence-corrected chi connectivity index (χ3v) is 4.74. The topological polar surface area (TPSA) is 33.5 Å². The predicted octanol–water partition coefficient (Wildman–Crippen LogP) is 2.05. The molecule has 2 rings (SSSR count). The zero-order valence-electron chi connectivity index (χ0n) is 13.0. The first-order valence-electron chi connectivity index (χ1n) is 7.90. The van der Waals surface area contributed by atoms with E-state index in [1.165, 1.54) is 19.3 Å². The first kappa shape index (κ1) is 16.3. The summed E-state index contributed by atoms with van der Waals surface area (Å²) in [7, 11) is 2.03. The van der Waals surface area contributed by atoms with E-state index in [4.69, 9.17) is 11.6 Å². The van der Waals surface area contributed by atoms with Gasteiger partial charge in [0.1, 0.15) is 6.54 Å². The van der Waals surface area contributed by atoms with E-state index in [1.54, 1.807) is 0 Å². The molecule has 0 bridgehead atoms. The lowest BCUT2D eigenvalue weighted by atomic mass is 9.86. The maximum Gasteiger partial charge on any atom is 0.275 e. The summed E-state index contributed by atoms with van der Waals surface area (Å²) in [4.78, 5) is 13.3. The van der Waals surface area contributed by atoms with Crippen LogP contribution in [0.5, 0.6) is 0 Å². The molecule has 0 aromatic heterocycles. The molecule has 3 nitrogen and oxygen atoms in total. The van der Waals surface area contributed by atoms with Crippen LogP contribution in [0, 0.1) is 5.92 Å². The van der Waals surface area contributed by atoms with Gasteiger partial charge in [-0.3, -0.25) is 4.79 Å². The molecule has 116 valence electrons. The number of hydrogen-bond donors (Lipinski definition) is 2. The van der Waals surface area contributed by atoms with Gasteiger partial charge in [0.05, 0.1) is 7.05 Å². The number of rotatable bonds is 5. The number of carbonyl (C=O) groups is 1. The maximum absolute atomic E-state index is 12.2. The van der Waals surface area contributed by atoms with E-state index in [0.29, 0.717) is 18.5 Å².